The van der Waals surface area contributed by atoms with E-state index in [0.29, 0.717) is 0 Å². The molecule has 0 amide bonds. The lowest BCUT2D eigenvalue weighted by Gasteiger charge is -2.01. The summed E-state index contributed by atoms with van der Waals surface area (Å²) in [5.41, 5.74) is 0. The summed E-state index contributed by atoms with van der Waals surface area (Å²) in [4.78, 5) is 10.0. The van der Waals surface area contributed by atoms with Gasteiger partial charge in [0.2, 0.25) is 0 Å². The van der Waals surface area contributed by atoms with Gasteiger partial charge < -0.3 is 9.84 Å². The van der Waals surface area contributed by atoms with Crippen molar-refractivity contribution in [2.24, 2.45) is 5.92 Å². The normalized spacial score (nSPS) is 9.56. The molecule has 0 aliphatic rings. The van der Waals surface area contributed by atoms with Crippen molar-refractivity contribution in [3.8, 4) is 0 Å². The maximum atomic E-state index is 10.0. The van der Waals surface area contributed by atoms with E-state index < -0.39 is 0 Å². The van der Waals surface area contributed by atoms with Crippen molar-refractivity contribution in [2.45, 2.75) is 86.9 Å². The molecule has 0 aromatic carbocycles. The third-order valence-corrected chi connectivity index (χ3v) is 1.54. The molecule has 0 aliphatic heterocycles. The van der Waals surface area contributed by atoms with E-state index in [2.05, 4.69) is 25.5 Å². The van der Waals surface area contributed by atoms with Gasteiger partial charge in [-0.25, -0.2) is 0 Å². The van der Waals surface area contributed by atoms with E-state index in [1.807, 2.05) is 13.8 Å². The molecule has 3 nitrogen and oxygen atoms in total. The van der Waals surface area contributed by atoms with Gasteiger partial charge in [-0.1, -0.05) is 40.0 Å². The number of hydrogen-bond donors (Lipinski definition) is 1. The molecule has 0 unspecified atom stereocenters. The molecule has 0 heterocycles. The molecule has 3 heteroatoms. The van der Waals surface area contributed by atoms with Gasteiger partial charge in [-0.3, -0.25) is 4.79 Å². The third kappa shape index (κ3) is 58.2. The number of hydrogen-bond acceptors (Lipinski definition) is 3. The summed E-state index contributed by atoms with van der Waals surface area (Å²) < 4.78 is 4.61. The lowest BCUT2D eigenvalue weighted by molar-refractivity contribution is -0.144. The predicted molar refractivity (Wildman–Crippen MR) is 78.6 cm³/mol. The molecule has 0 radical (unpaired) electrons. The molecule has 0 rings (SSSR count). The Morgan fingerprint density at radius 3 is 1.56 bits per heavy atom. The van der Waals surface area contributed by atoms with E-state index in [1.165, 1.54) is 26.2 Å². The summed E-state index contributed by atoms with van der Waals surface area (Å²) in [5, 5.41) is 8.06. The van der Waals surface area contributed by atoms with Crippen LogP contribution in [0.15, 0.2) is 0 Å². The highest BCUT2D eigenvalue weighted by molar-refractivity contribution is 5.66. The lowest BCUT2D eigenvalue weighted by Crippen LogP contribution is -2.06. The first-order valence-electron chi connectivity index (χ1n) is 6.98. The van der Waals surface area contributed by atoms with Crippen molar-refractivity contribution in [1.29, 1.82) is 0 Å². The van der Waals surface area contributed by atoms with Crippen molar-refractivity contribution in [3.05, 3.63) is 0 Å². The predicted octanol–water partition coefficient (Wildman–Crippen LogP) is 4.18. The minimum atomic E-state index is -0.213. The maximum absolute atomic E-state index is 10.0. The molecule has 0 aliphatic carbocycles. The number of carbonyl (C=O) groups excluding carboxylic acids is 1. The smallest absolute Gasteiger partial charge is 0.302 e. The highest BCUT2D eigenvalue weighted by atomic mass is 16.5. The summed E-state index contributed by atoms with van der Waals surface area (Å²) >= 11 is 0. The Labute approximate surface area is 114 Å². The summed E-state index contributed by atoms with van der Waals surface area (Å²) in [7, 11) is 0. The number of carbonyl (C=O) groups is 1. The van der Waals surface area contributed by atoms with Gasteiger partial charge in [0, 0.05) is 13.0 Å². The van der Waals surface area contributed by atoms with Crippen LogP contribution in [0, 0.1) is 5.92 Å². The van der Waals surface area contributed by atoms with Gasteiger partial charge in [-0.2, -0.15) is 0 Å². The zero-order chi connectivity index (χ0) is 15.1. The molecular weight excluding hydrogens is 228 g/mol. The molecule has 0 saturated carbocycles. The fourth-order valence-corrected chi connectivity index (χ4v) is 0.944. The SMILES string of the molecule is CC(=O)OC(C)C.CC(C)O.CCCCC(C)C. The second kappa shape index (κ2) is 16.4. The maximum Gasteiger partial charge on any atom is 0.302 e. The topological polar surface area (TPSA) is 46.5 Å². The van der Waals surface area contributed by atoms with Crippen LogP contribution in [0.3, 0.4) is 0 Å². The second-order valence-corrected chi connectivity index (χ2v) is 5.29. The Morgan fingerprint density at radius 1 is 1.11 bits per heavy atom. The fraction of sp³-hybridized carbons (Fsp3) is 0.933. The summed E-state index contributed by atoms with van der Waals surface area (Å²) in [6, 6.07) is 0. The van der Waals surface area contributed by atoms with Crippen LogP contribution in [-0.2, 0) is 9.53 Å². The molecule has 0 saturated heterocycles. The molecule has 0 fully saturated rings. The number of unbranched alkanes of at least 4 members (excludes halogenated alkanes) is 1. The summed E-state index contributed by atoms with van der Waals surface area (Å²) in [6.07, 6.45) is 4.00. The highest BCUT2D eigenvalue weighted by Crippen LogP contribution is 2.04. The van der Waals surface area contributed by atoms with E-state index >= 15 is 0 Å². The fourth-order valence-electron chi connectivity index (χ4n) is 0.944. The Hall–Kier alpha value is -0.570. The average molecular weight is 262 g/mol. The lowest BCUT2D eigenvalue weighted by atomic mass is 10.1. The number of esters is 1. The van der Waals surface area contributed by atoms with Gasteiger partial charge in [0.25, 0.3) is 0 Å². The number of ether oxygens (including phenoxy) is 1. The highest BCUT2D eigenvalue weighted by Gasteiger charge is 1.93. The number of aliphatic hydroxyl groups excluding tert-OH is 1. The molecule has 18 heavy (non-hydrogen) atoms. The van der Waals surface area contributed by atoms with Gasteiger partial charge in [-0.05, 0) is 33.6 Å². The zero-order valence-electron chi connectivity index (χ0n) is 13.6. The van der Waals surface area contributed by atoms with Crippen molar-refractivity contribution < 1.29 is 14.6 Å². The summed E-state index contributed by atoms with van der Waals surface area (Å²) in [5.74, 6) is 0.690. The minimum Gasteiger partial charge on any atom is -0.463 e. The Kier molecular flexibility index (Phi) is 20.6. The first-order chi connectivity index (χ1) is 8.13. The van der Waals surface area contributed by atoms with Gasteiger partial charge in [0.15, 0.2) is 0 Å². The number of rotatable bonds is 4. The van der Waals surface area contributed by atoms with Crippen molar-refractivity contribution >= 4 is 5.97 Å². The molecular formula is C15H34O3. The second-order valence-electron chi connectivity index (χ2n) is 5.29. The Balaban J connectivity index is -0.000000196. The first-order valence-corrected chi connectivity index (χ1v) is 6.98. The molecule has 0 atom stereocenters. The van der Waals surface area contributed by atoms with Gasteiger partial charge >= 0.3 is 5.97 Å². The molecule has 0 bridgehead atoms. The molecule has 0 spiro atoms. The van der Waals surface area contributed by atoms with Crippen molar-refractivity contribution in [1.82, 2.24) is 0 Å². The molecule has 1 N–H and O–H groups in total. The monoisotopic (exact) mass is 262 g/mol. The molecule has 0 aromatic heterocycles. The van der Waals surface area contributed by atoms with Crippen molar-refractivity contribution in [2.75, 3.05) is 0 Å². The molecule has 0 aromatic rings. The van der Waals surface area contributed by atoms with E-state index in [0.717, 1.165) is 5.92 Å². The van der Waals surface area contributed by atoms with E-state index in [4.69, 9.17) is 5.11 Å². The Bertz CT molecular complexity index is 160. The largest absolute Gasteiger partial charge is 0.463 e. The average Bonchev–Trinajstić information content (AvgIpc) is 2.12. The zero-order valence-corrected chi connectivity index (χ0v) is 13.6. The van der Waals surface area contributed by atoms with Crippen LogP contribution in [0.4, 0.5) is 0 Å². The third-order valence-electron chi connectivity index (χ3n) is 1.54. The van der Waals surface area contributed by atoms with E-state index in [1.54, 1.807) is 13.8 Å². The van der Waals surface area contributed by atoms with Crippen LogP contribution in [0.25, 0.3) is 0 Å². The van der Waals surface area contributed by atoms with Crippen LogP contribution in [0.5, 0.6) is 0 Å². The van der Waals surface area contributed by atoms with E-state index in [9.17, 15) is 4.79 Å². The van der Waals surface area contributed by atoms with Crippen LogP contribution in [-0.4, -0.2) is 23.3 Å². The summed E-state index contributed by atoms with van der Waals surface area (Å²) in [6.45, 7) is 15.3. The van der Waals surface area contributed by atoms with Gasteiger partial charge in [-0.15, -0.1) is 0 Å². The standard InChI is InChI=1S/C7H16.C5H10O2.C3H8O/c1-4-5-6-7(2)3;1-4(2)7-5(3)6;1-3(2)4/h7H,4-6H2,1-3H3;4H,1-3H3;3-4H,1-2H3. The minimum absolute atomic E-state index is 0.0255. The number of aliphatic hydroxyl groups is 1. The van der Waals surface area contributed by atoms with Crippen LogP contribution in [0.2, 0.25) is 0 Å². The van der Waals surface area contributed by atoms with Crippen LogP contribution in [0.1, 0.15) is 74.7 Å². The van der Waals surface area contributed by atoms with E-state index in [-0.39, 0.29) is 18.2 Å². The van der Waals surface area contributed by atoms with Gasteiger partial charge in [0.05, 0.1) is 6.10 Å². The Morgan fingerprint density at radius 2 is 1.50 bits per heavy atom. The van der Waals surface area contributed by atoms with Crippen LogP contribution < -0.4 is 0 Å². The van der Waals surface area contributed by atoms with Crippen LogP contribution >= 0.6 is 0 Å². The first kappa shape index (κ1) is 22.6. The van der Waals surface area contributed by atoms with Gasteiger partial charge in [0.1, 0.15) is 0 Å². The quantitative estimate of drug-likeness (QED) is 0.773. The molecule has 112 valence electrons. The van der Waals surface area contributed by atoms with Crippen molar-refractivity contribution in [3.63, 3.8) is 0 Å².